The van der Waals surface area contributed by atoms with Gasteiger partial charge in [0.05, 0.1) is 41.7 Å². The number of rotatable bonds is 14. The smallest absolute Gasteiger partial charge is 0.407 e. The van der Waals surface area contributed by atoms with Gasteiger partial charge in [0, 0.05) is 36.6 Å². The van der Waals surface area contributed by atoms with Crippen LogP contribution in [0.25, 0.3) is 5.57 Å². The lowest BCUT2D eigenvalue weighted by atomic mass is 10.0. The molecule has 0 spiro atoms. The fraction of sp³-hybridized carbons (Fsp3) is 0.543. The van der Waals surface area contributed by atoms with Gasteiger partial charge in [-0.2, -0.15) is 4.31 Å². The van der Waals surface area contributed by atoms with Crippen molar-refractivity contribution in [3.8, 4) is 0 Å². The van der Waals surface area contributed by atoms with Crippen molar-refractivity contribution in [2.45, 2.75) is 76.9 Å². The zero-order valence-corrected chi connectivity index (χ0v) is 29.1. The van der Waals surface area contributed by atoms with Crippen molar-refractivity contribution >= 4 is 33.3 Å². The Balaban J connectivity index is 1.38. The minimum atomic E-state index is -4.15. The number of sulfonamides is 1. The van der Waals surface area contributed by atoms with Crippen LogP contribution in [0.1, 0.15) is 52.2 Å². The number of carbonyl (C=O) groups excluding carboxylic acids is 2. The Morgan fingerprint density at radius 1 is 1.08 bits per heavy atom. The van der Waals surface area contributed by atoms with Gasteiger partial charge in [-0.3, -0.25) is 4.79 Å². The number of amides is 2. The minimum Gasteiger partial charge on any atom is -0.443 e. The van der Waals surface area contributed by atoms with E-state index in [4.69, 9.17) is 14.2 Å². The zero-order valence-electron chi connectivity index (χ0n) is 28.3. The molecular weight excluding hydrogens is 636 g/mol. The second-order valence-corrected chi connectivity index (χ2v) is 15.6. The quantitative estimate of drug-likeness (QED) is 0.218. The second kappa shape index (κ2) is 15.4. The van der Waals surface area contributed by atoms with Crippen LogP contribution in [0.4, 0.5) is 10.5 Å². The van der Waals surface area contributed by atoms with Crippen LogP contribution in [0.15, 0.2) is 59.1 Å². The fourth-order valence-electron chi connectivity index (χ4n) is 6.31. The molecule has 2 amide bonds. The number of alkyl carbamates (subject to hydrolysis) is 1. The van der Waals surface area contributed by atoms with Crippen molar-refractivity contribution in [2.24, 2.45) is 17.8 Å². The molecule has 5 rings (SSSR count). The summed E-state index contributed by atoms with van der Waals surface area (Å²) >= 11 is 0. The summed E-state index contributed by atoms with van der Waals surface area (Å²) in [6, 6.07) is 13.1. The van der Waals surface area contributed by atoms with E-state index in [0.29, 0.717) is 41.6 Å². The van der Waals surface area contributed by atoms with Gasteiger partial charge in [0.15, 0.2) is 6.29 Å². The SMILES string of the molecule is CC(NCC(C)C)=C1C(=O)Nc2ccc(S(=O)(=O)N(CC(C)C)CC(O)C(Cc3ccccc3)NC(=O)OC3COC4OCCC34)cc21. The molecule has 262 valence electrons. The Labute approximate surface area is 283 Å². The average Bonchev–Trinajstić information content (AvgIpc) is 3.74. The van der Waals surface area contributed by atoms with Crippen molar-refractivity contribution in [1.82, 2.24) is 14.9 Å². The van der Waals surface area contributed by atoms with Crippen LogP contribution in [0.5, 0.6) is 0 Å². The number of anilines is 1. The molecule has 3 aliphatic rings. The Morgan fingerprint density at radius 2 is 1.83 bits per heavy atom. The first-order valence-corrected chi connectivity index (χ1v) is 18.1. The summed E-state index contributed by atoms with van der Waals surface area (Å²) in [6.45, 7) is 11.0. The van der Waals surface area contributed by atoms with Gasteiger partial charge in [-0.05, 0) is 55.4 Å². The van der Waals surface area contributed by atoms with E-state index < -0.39 is 34.4 Å². The van der Waals surface area contributed by atoms with E-state index in [9.17, 15) is 23.1 Å². The van der Waals surface area contributed by atoms with Crippen LogP contribution < -0.4 is 16.0 Å². The van der Waals surface area contributed by atoms with E-state index >= 15 is 0 Å². The van der Waals surface area contributed by atoms with Gasteiger partial charge < -0.3 is 35.3 Å². The van der Waals surface area contributed by atoms with Crippen molar-refractivity contribution in [1.29, 1.82) is 0 Å². The summed E-state index contributed by atoms with van der Waals surface area (Å²) in [4.78, 5) is 26.1. The first-order valence-electron chi connectivity index (χ1n) is 16.7. The lowest BCUT2D eigenvalue weighted by molar-refractivity contribution is -0.110. The van der Waals surface area contributed by atoms with E-state index in [-0.39, 0.29) is 55.0 Å². The van der Waals surface area contributed by atoms with Gasteiger partial charge in [0.1, 0.15) is 6.10 Å². The molecule has 3 aliphatic heterocycles. The average molecular weight is 685 g/mol. The number of hydrogen-bond acceptors (Lipinski definition) is 9. The monoisotopic (exact) mass is 684 g/mol. The molecule has 0 saturated carbocycles. The molecule has 2 aromatic rings. The fourth-order valence-corrected chi connectivity index (χ4v) is 7.96. The maximum Gasteiger partial charge on any atom is 0.407 e. The normalized spacial score (nSPS) is 22.8. The Morgan fingerprint density at radius 3 is 2.54 bits per heavy atom. The number of aliphatic hydroxyl groups is 1. The number of nitrogens with zero attached hydrogens (tertiary/aromatic N) is 1. The summed E-state index contributed by atoms with van der Waals surface area (Å²) in [5.41, 5.74) is 2.93. The zero-order chi connectivity index (χ0) is 34.6. The van der Waals surface area contributed by atoms with Gasteiger partial charge in [-0.25, -0.2) is 13.2 Å². The number of fused-ring (bicyclic) bond motifs is 2. The third-order valence-electron chi connectivity index (χ3n) is 8.79. The van der Waals surface area contributed by atoms with Gasteiger partial charge in [-0.1, -0.05) is 58.0 Å². The molecular formula is C35H48N4O8S. The highest BCUT2D eigenvalue weighted by Gasteiger charge is 2.44. The van der Waals surface area contributed by atoms with Crippen molar-refractivity contribution < 1.29 is 37.3 Å². The second-order valence-electron chi connectivity index (χ2n) is 13.6. The molecule has 0 bridgehead atoms. The molecule has 0 aromatic heterocycles. The van der Waals surface area contributed by atoms with Gasteiger partial charge >= 0.3 is 6.09 Å². The van der Waals surface area contributed by atoms with Crippen LogP contribution >= 0.6 is 0 Å². The maximum atomic E-state index is 14.3. The lowest BCUT2D eigenvalue weighted by Crippen LogP contribution is -2.51. The number of benzene rings is 2. The Bertz CT molecular complexity index is 1600. The van der Waals surface area contributed by atoms with Crippen LogP contribution in [-0.4, -0.2) is 87.2 Å². The summed E-state index contributed by atoms with van der Waals surface area (Å²) in [6.07, 6.45) is -1.90. The van der Waals surface area contributed by atoms with E-state index in [2.05, 4.69) is 29.8 Å². The van der Waals surface area contributed by atoms with Gasteiger partial charge in [0.25, 0.3) is 5.91 Å². The highest BCUT2D eigenvalue weighted by atomic mass is 32.2. The van der Waals surface area contributed by atoms with Crippen molar-refractivity contribution in [3.63, 3.8) is 0 Å². The predicted octanol–water partition coefficient (Wildman–Crippen LogP) is 3.72. The van der Waals surface area contributed by atoms with E-state index in [1.165, 1.54) is 16.4 Å². The number of allylic oxidation sites excluding steroid dienone is 1. The molecule has 3 heterocycles. The van der Waals surface area contributed by atoms with E-state index in [1.807, 2.05) is 44.2 Å². The largest absolute Gasteiger partial charge is 0.443 e. The first kappa shape index (κ1) is 35.8. The van der Waals surface area contributed by atoms with Crippen LogP contribution in [0.2, 0.25) is 0 Å². The van der Waals surface area contributed by atoms with Crippen molar-refractivity contribution in [3.05, 3.63) is 65.4 Å². The Hall–Kier alpha value is -3.49. The molecule has 48 heavy (non-hydrogen) atoms. The van der Waals surface area contributed by atoms with Crippen LogP contribution in [-0.2, 0) is 35.4 Å². The van der Waals surface area contributed by atoms with Gasteiger partial charge in [-0.15, -0.1) is 0 Å². The summed E-state index contributed by atoms with van der Waals surface area (Å²) in [5.74, 6) is -0.0789. The molecule has 2 aromatic carbocycles. The number of nitrogens with one attached hydrogen (secondary N) is 3. The molecule has 13 heteroatoms. The Kier molecular flexibility index (Phi) is 11.5. The molecule has 2 saturated heterocycles. The van der Waals surface area contributed by atoms with Crippen LogP contribution in [0, 0.1) is 17.8 Å². The predicted molar refractivity (Wildman–Crippen MR) is 181 cm³/mol. The highest BCUT2D eigenvalue weighted by molar-refractivity contribution is 7.89. The van der Waals surface area contributed by atoms with Gasteiger partial charge in [0.2, 0.25) is 10.0 Å². The lowest BCUT2D eigenvalue weighted by Gasteiger charge is -2.31. The van der Waals surface area contributed by atoms with Crippen LogP contribution in [0.3, 0.4) is 0 Å². The third kappa shape index (κ3) is 8.38. The molecule has 4 N–H and O–H groups in total. The summed E-state index contributed by atoms with van der Waals surface area (Å²) in [5, 5.41) is 20.6. The molecule has 5 atom stereocenters. The summed E-state index contributed by atoms with van der Waals surface area (Å²) in [7, 11) is -4.15. The van der Waals surface area contributed by atoms with E-state index in [1.54, 1.807) is 13.0 Å². The molecule has 0 radical (unpaired) electrons. The van der Waals surface area contributed by atoms with E-state index in [0.717, 1.165) is 12.0 Å². The number of hydrogen-bond donors (Lipinski definition) is 4. The molecule has 2 fully saturated rings. The number of ether oxygens (including phenoxy) is 3. The molecule has 5 unspecified atom stereocenters. The topological polar surface area (TPSA) is 156 Å². The molecule has 0 aliphatic carbocycles. The minimum absolute atomic E-state index is 0.00121. The maximum absolute atomic E-state index is 14.3. The summed E-state index contributed by atoms with van der Waals surface area (Å²) < 4.78 is 46.6. The number of carbonyl (C=O) groups is 2. The number of aliphatic hydroxyl groups excluding tert-OH is 1. The molecule has 12 nitrogen and oxygen atoms in total. The third-order valence-corrected chi connectivity index (χ3v) is 10.6. The standard InChI is InChI=1S/C35H48N4O8S/c1-21(2)17-36-23(5)32-27-16-25(11-12-28(27)37-33(32)41)48(43,44)39(18-22(3)4)19-30(40)29(15-24-9-7-6-8-10-24)38-35(42)47-31-20-46-34-26(31)13-14-45-34/h6-12,16,21-22,26,29-31,34,36,40H,13-15,17-20H2,1-5H3,(H,37,41)(H,38,42). The highest BCUT2D eigenvalue weighted by Crippen LogP contribution is 2.36. The van der Waals surface area contributed by atoms with Crippen molar-refractivity contribution in [2.75, 3.05) is 38.2 Å². The first-order chi connectivity index (χ1) is 22.8.